The van der Waals surface area contributed by atoms with Crippen molar-refractivity contribution in [2.45, 2.75) is 45.8 Å². The average molecular weight is 256 g/mol. The summed E-state index contributed by atoms with van der Waals surface area (Å²) >= 11 is 0. The highest BCUT2D eigenvalue weighted by Gasteiger charge is 2.26. The third-order valence-electron chi connectivity index (χ3n) is 3.38. The first-order valence-corrected chi connectivity index (χ1v) is 6.57. The Morgan fingerprint density at radius 3 is 2.22 bits per heavy atom. The summed E-state index contributed by atoms with van der Waals surface area (Å²) in [5.41, 5.74) is 0. The lowest BCUT2D eigenvalue weighted by molar-refractivity contribution is -0.142. The summed E-state index contributed by atoms with van der Waals surface area (Å²) in [6.45, 7) is 6.91. The zero-order valence-electron chi connectivity index (χ0n) is 11.7. The summed E-state index contributed by atoms with van der Waals surface area (Å²) < 4.78 is 5.03. The Kier molecular flexibility index (Phi) is 5.59. The van der Waals surface area contributed by atoms with Gasteiger partial charge in [-0.25, -0.2) is 0 Å². The van der Waals surface area contributed by atoms with E-state index in [4.69, 9.17) is 4.74 Å². The Morgan fingerprint density at radius 2 is 1.78 bits per heavy atom. The third kappa shape index (κ3) is 3.98. The molecule has 0 spiro atoms. The molecule has 5 heteroatoms. The number of ether oxygens (including phenoxy) is 1. The van der Waals surface area contributed by atoms with Crippen molar-refractivity contribution in [3.05, 3.63) is 0 Å². The molecule has 0 aromatic heterocycles. The molecule has 1 N–H and O–H groups in total. The van der Waals surface area contributed by atoms with Crippen molar-refractivity contribution >= 4 is 11.8 Å². The number of carbonyl (C=O) groups excluding carboxylic acids is 2. The molecule has 1 heterocycles. The lowest BCUT2D eigenvalue weighted by atomic mass is 10.0. The highest BCUT2D eigenvalue weighted by atomic mass is 16.5. The second kappa shape index (κ2) is 6.73. The highest BCUT2D eigenvalue weighted by molar-refractivity contribution is 5.81. The Morgan fingerprint density at radius 1 is 1.22 bits per heavy atom. The fourth-order valence-corrected chi connectivity index (χ4v) is 1.97. The molecule has 1 aliphatic heterocycles. The first-order chi connectivity index (χ1) is 8.45. The van der Waals surface area contributed by atoms with Gasteiger partial charge in [0.05, 0.1) is 0 Å². The van der Waals surface area contributed by atoms with E-state index in [-0.39, 0.29) is 29.9 Å². The van der Waals surface area contributed by atoms with Crippen LogP contribution in [0.3, 0.4) is 0 Å². The van der Waals surface area contributed by atoms with E-state index in [0.29, 0.717) is 13.1 Å². The van der Waals surface area contributed by atoms with E-state index in [1.54, 1.807) is 6.92 Å². The van der Waals surface area contributed by atoms with Gasteiger partial charge in [0.1, 0.15) is 6.10 Å². The van der Waals surface area contributed by atoms with Gasteiger partial charge in [0.25, 0.3) is 5.91 Å². The van der Waals surface area contributed by atoms with Crippen molar-refractivity contribution in [3.8, 4) is 0 Å². The second-order valence-electron chi connectivity index (χ2n) is 5.14. The van der Waals surface area contributed by atoms with E-state index in [9.17, 15) is 9.59 Å². The standard InChI is InChI=1S/C13H24N2O3/c1-9(2)12(16)14-11-5-7-15(8-6-11)13(17)10(3)18-4/h9-11H,5-8H2,1-4H3,(H,14,16). The summed E-state index contributed by atoms with van der Waals surface area (Å²) in [6.07, 6.45) is 1.26. The lowest BCUT2D eigenvalue weighted by Gasteiger charge is -2.33. The van der Waals surface area contributed by atoms with Crippen LogP contribution in [-0.4, -0.2) is 49.1 Å². The van der Waals surface area contributed by atoms with Gasteiger partial charge in [-0.1, -0.05) is 13.8 Å². The summed E-state index contributed by atoms with van der Waals surface area (Å²) in [4.78, 5) is 25.3. The Bertz CT molecular complexity index is 297. The fourth-order valence-electron chi connectivity index (χ4n) is 1.97. The van der Waals surface area contributed by atoms with Crippen molar-refractivity contribution in [1.29, 1.82) is 0 Å². The van der Waals surface area contributed by atoms with Crippen molar-refractivity contribution in [2.75, 3.05) is 20.2 Å². The maximum Gasteiger partial charge on any atom is 0.251 e. The average Bonchev–Trinajstić information content (AvgIpc) is 2.37. The van der Waals surface area contributed by atoms with Crippen LogP contribution < -0.4 is 5.32 Å². The number of carbonyl (C=O) groups is 2. The minimum atomic E-state index is -0.383. The SMILES string of the molecule is COC(C)C(=O)N1CCC(NC(=O)C(C)C)CC1. The predicted molar refractivity (Wildman–Crippen MR) is 69.1 cm³/mol. The van der Waals surface area contributed by atoms with Crippen LogP contribution in [0.25, 0.3) is 0 Å². The number of methoxy groups -OCH3 is 1. The zero-order valence-corrected chi connectivity index (χ0v) is 11.7. The zero-order chi connectivity index (χ0) is 13.7. The van der Waals surface area contributed by atoms with Gasteiger partial charge in [0.2, 0.25) is 5.91 Å². The van der Waals surface area contributed by atoms with Crippen molar-refractivity contribution in [1.82, 2.24) is 10.2 Å². The smallest absolute Gasteiger partial charge is 0.251 e. The van der Waals surface area contributed by atoms with Gasteiger partial charge in [-0.05, 0) is 19.8 Å². The monoisotopic (exact) mass is 256 g/mol. The number of nitrogens with one attached hydrogen (secondary N) is 1. The van der Waals surface area contributed by atoms with Crippen molar-refractivity contribution < 1.29 is 14.3 Å². The highest BCUT2D eigenvalue weighted by Crippen LogP contribution is 2.12. The normalized spacial score (nSPS) is 18.8. The number of nitrogens with zero attached hydrogens (tertiary/aromatic N) is 1. The molecule has 0 aliphatic carbocycles. The number of likely N-dealkylation sites (tertiary alicyclic amines) is 1. The maximum atomic E-state index is 11.9. The van der Waals surface area contributed by atoms with Gasteiger partial charge in [0.15, 0.2) is 0 Å². The molecule has 0 saturated carbocycles. The molecule has 1 fully saturated rings. The van der Waals surface area contributed by atoms with Crippen molar-refractivity contribution in [3.63, 3.8) is 0 Å². The minimum Gasteiger partial charge on any atom is -0.372 e. The van der Waals surface area contributed by atoms with E-state index >= 15 is 0 Å². The van der Waals surface area contributed by atoms with Gasteiger partial charge in [0, 0.05) is 32.2 Å². The van der Waals surface area contributed by atoms with Crippen LogP contribution in [-0.2, 0) is 14.3 Å². The molecule has 0 aromatic carbocycles. The number of hydrogen-bond donors (Lipinski definition) is 1. The molecule has 1 rings (SSSR count). The molecule has 2 amide bonds. The molecule has 1 saturated heterocycles. The molecule has 18 heavy (non-hydrogen) atoms. The molecule has 104 valence electrons. The van der Waals surface area contributed by atoms with E-state index in [1.165, 1.54) is 7.11 Å². The van der Waals surface area contributed by atoms with Gasteiger partial charge < -0.3 is 15.0 Å². The first-order valence-electron chi connectivity index (χ1n) is 6.57. The van der Waals surface area contributed by atoms with Crippen LogP contribution >= 0.6 is 0 Å². The summed E-state index contributed by atoms with van der Waals surface area (Å²) in [5.74, 6) is 0.134. The number of hydrogen-bond acceptors (Lipinski definition) is 3. The minimum absolute atomic E-state index is 0.0122. The van der Waals surface area contributed by atoms with Gasteiger partial charge in [-0.2, -0.15) is 0 Å². The van der Waals surface area contributed by atoms with Crippen LogP contribution in [0, 0.1) is 5.92 Å². The van der Waals surface area contributed by atoms with Gasteiger partial charge in [-0.15, -0.1) is 0 Å². The largest absolute Gasteiger partial charge is 0.372 e. The quantitative estimate of drug-likeness (QED) is 0.809. The predicted octanol–water partition coefficient (Wildman–Crippen LogP) is 0.784. The molecule has 0 radical (unpaired) electrons. The maximum absolute atomic E-state index is 11.9. The molecule has 0 bridgehead atoms. The first kappa shape index (κ1) is 15.0. The molecule has 1 unspecified atom stereocenters. The van der Waals surface area contributed by atoms with Crippen LogP contribution in [0.2, 0.25) is 0 Å². The van der Waals surface area contributed by atoms with E-state index < -0.39 is 0 Å². The molecule has 1 atom stereocenters. The molecule has 1 aliphatic rings. The van der Waals surface area contributed by atoms with E-state index in [2.05, 4.69) is 5.32 Å². The van der Waals surface area contributed by atoms with E-state index in [0.717, 1.165) is 12.8 Å². The fraction of sp³-hybridized carbons (Fsp3) is 0.846. The number of rotatable bonds is 4. The number of piperidine rings is 1. The Labute approximate surface area is 109 Å². The molecular formula is C13H24N2O3. The molecular weight excluding hydrogens is 232 g/mol. The lowest BCUT2D eigenvalue weighted by Crippen LogP contribution is -2.49. The Balaban J connectivity index is 2.37. The van der Waals surface area contributed by atoms with Crippen LogP contribution in [0.5, 0.6) is 0 Å². The third-order valence-corrected chi connectivity index (χ3v) is 3.38. The molecule has 0 aromatic rings. The van der Waals surface area contributed by atoms with Gasteiger partial charge in [-0.3, -0.25) is 9.59 Å². The second-order valence-corrected chi connectivity index (χ2v) is 5.14. The van der Waals surface area contributed by atoms with Crippen molar-refractivity contribution in [2.24, 2.45) is 5.92 Å². The summed E-state index contributed by atoms with van der Waals surface area (Å²) in [6, 6.07) is 0.196. The topological polar surface area (TPSA) is 58.6 Å². The molecule has 5 nitrogen and oxygen atoms in total. The van der Waals surface area contributed by atoms with Gasteiger partial charge >= 0.3 is 0 Å². The van der Waals surface area contributed by atoms with E-state index in [1.807, 2.05) is 18.7 Å². The summed E-state index contributed by atoms with van der Waals surface area (Å²) in [5, 5.41) is 3.01. The number of amides is 2. The van der Waals surface area contributed by atoms with Crippen LogP contribution in [0.15, 0.2) is 0 Å². The van der Waals surface area contributed by atoms with Crippen LogP contribution in [0.4, 0.5) is 0 Å². The summed E-state index contributed by atoms with van der Waals surface area (Å²) in [7, 11) is 1.54. The van der Waals surface area contributed by atoms with Crippen LogP contribution in [0.1, 0.15) is 33.6 Å². The Hall–Kier alpha value is -1.10.